The van der Waals surface area contributed by atoms with Gasteiger partial charge in [0.05, 0.1) is 25.4 Å². The van der Waals surface area contributed by atoms with Crippen molar-refractivity contribution in [1.82, 2.24) is 20.6 Å². The lowest BCUT2D eigenvalue weighted by atomic mass is 9.85. The first kappa shape index (κ1) is 27.1. The van der Waals surface area contributed by atoms with Crippen LogP contribution in [0.1, 0.15) is 77.8 Å². The number of carbonyl (C=O) groups is 2. The molecule has 1 saturated heterocycles. The summed E-state index contributed by atoms with van der Waals surface area (Å²) in [6, 6.07) is 0.0329. The van der Waals surface area contributed by atoms with Gasteiger partial charge >= 0.3 is 12.1 Å². The molecule has 2 atom stereocenters. The topological polar surface area (TPSA) is 121 Å². The van der Waals surface area contributed by atoms with Crippen molar-refractivity contribution in [3.05, 3.63) is 18.1 Å². The second kappa shape index (κ2) is 13.0. The highest BCUT2D eigenvalue weighted by atomic mass is 16.6. The van der Waals surface area contributed by atoms with Crippen LogP contribution in [0, 0.1) is 0 Å². The predicted octanol–water partition coefficient (Wildman–Crippen LogP) is 3.11. The van der Waals surface area contributed by atoms with Gasteiger partial charge < -0.3 is 29.6 Å². The monoisotopic (exact) mass is 492 g/mol. The first-order valence-corrected chi connectivity index (χ1v) is 12.7. The lowest BCUT2D eigenvalue weighted by Gasteiger charge is -2.35. The molecule has 1 saturated carbocycles. The van der Waals surface area contributed by atoms with Crippen LogP contribution >= 0.6 is 0 Å². The quantitative estimate of drug-likeness (QED) is 0.501. The van der Waals surface area contributed by atoms with Crippen molar-refractivity contribution in [2.24, 2.45) is 0 Å². The number of alkyl carbamates (subject to hydrolysis) is 1. The highest BCUT2D eigenvalue weighted by molar-refractivity contribution is 5.71. The zero-order chi connectivity index (χ0) is 25.3. The van der Waals surface area contributed by atoms with Crippen molar-refractivity contribution in [2.45, 2.75) is 95.9 Å². The van der Waals surface area contributed by atoms with E-state index in [1.165, 1.54) is 0 Å². The molecule has 35 heavy (non-hydrogen) atoms. The summed E-state index contributed by atoms with van der Waals surface area (Å²) in [6.07, 6.45) is 8.48. The van der Waals surface area contributed by atoms with Crippen LogP contribution in [0.25, 0.3) is 0 Å². The Kier molecular flexibility index (Phi) is 10.1. The number of ether oxygens (including phenoxy) is 4. The van der Waals surface area contributed by atoms with Crippen LogP contribution in [0.3, 0.4) is 0 Å². The Morgan fingerprint density at radius 1 is 1.11 bits per heavy atom. The number of hydrogen-bond donors (Lipinski definition) is 2. The Morgan fingerprint density at radius 2 is 1.86 bits per heavy atom. The molecule has 10 nitrogen and oxygen atoms in total. The molecular weight excluding hydrogens is 452 g/mol. The van der Waals surface area contributed by atoms with E-state index in [0.717, 1.165) is 50.8 Å². The SMILES string of the molecule is CCOC(=O)COc1nccnc1C1CCC(OC[C@@H]2NCCC[C@@H]2NC(=O)OC(C)(C)C)CC1. The maximum Gasteiger partial charge on any atom is 0.407 e. The molecule has 1 aliphatic heterocycles. The predicted molar refractivity (Wildman–Crippen MR) is 129 cm³/mol. The second-order valence-electron chi connectivity index (χ2n) is 10.1. The molecule has 0 aromatic carbocycles. The molecule has 10 heteroatoms. The Bertz CT molecular complexity index is 822. The fourth-order valence-electron chi connectivity index (χ4n) is 4.56. The van der Waals surface area contributed by atoms with Gasteiger partial charge in [0.25, 0.3) is 0 Å². The molecule has 0 spiro atoms. The number of aromatic nitrogens is 2. The van der Waals surface area contributed by atoms with Gasteiger partial charge in [0.15, 0.2) is 6.61 Å². The summed E-state index contributed by atoms with van der Waals surface area (Å²) in [4.78, 5) is 32.7. The minimum Gasteiger partial charge on any atom is -0.464 e. The summed E-state index contributed by atoms with van der Waals surface area (Å²) in [6.45, 7) is 8.92. The highest BCUT2D eigenvalue weighted by Crippen LogP contribution is 2.36. The van der Waals surface area contributed by atoms with Crippen molar-refractivity contribution < 1.29 is 28.5 Å². The van der Waals surface area contributed by atoms with E-state index in [0.29, 0.717) is 19.1 Å². The minimum atomic E-state index is -0.524. The molecule has 2 aliphatic rings. The van der Waals surface area contributed by atoms with E-state index in [1.807, 2.05) is 20.8 Å². The van der Waals surface area contributed by atoms with Crippen LogP contribution in [0.5, 0.6) is 5.88 Å². The van der Waals surface area contributed by atoms with Gasteiger partial charge in [-0.3, -0.25) is 4.98 Å². The summed E-state index contributed by atoms with van der Waals surface area (Å²) in [5, 5.41) is 6.49. The van der Waals surface area contributed by atoms with Gasteiger partial charge in [0.2, 0.25) is 5.88 Å². The van der Waals surface area contributed by atoms with Gasteiger partial charge in [0.1, 0.15) is 11.3 Å². The fourth-order valence-corrected chi connectivity index (χ4v) is 4.56. The van der Waals surface area contributed by atoms with E-state index in [4.69, 9.17) is 18.9 Å². The van der Waals surface area contributed by atoms with Crippen LogP contribution in [-0.2, 0) is 19.0 Å². The number of carbonyl (C=O) groups excluding carboxylic acids is 2. The van der Waals surface area contributed by atoms with Crippen molar-refractivity contribution >= 4 is 12.1 Å². The summed E-state index contributed by atoms with van der Waals surface area (Å²) >= 11 is 0. The third-order valence-electron chi connectivity index (χ3n) is 6.18. The molecule has 1 aromatic heterocycles. The van der Waals surface area contributed by atoms with Gasteiger partial charge in [-0.1, -0.05) is 0 Å². The largest absolute Gasteiger partial charge is 0.464 e. The highest BCUT2D eigenvalue weighted by Gasteiger charge is 2.31. The first-order chi connectivity index (χ1) is 16.7. The lowest BCUT2D eigenvalue weighted by Crippen LogP contribution is -2.56. The minimum absolute atomic E-state index is 0.0198. The number of rotatable bonds is 9. The van der Waals surface area contributed by atoms with Crippen LogP contribution < -0.4 is 15.4 Å². The molecule has 3 rings (SSSR count). The van der Waals surface area contributed by atoms with Gasteiger partial charge in [0, 0.05) is 24.4 Å². The molecule has 0 radical (unpaired) electrons. The van der Waals surface area contributed by atoms with Crippen LogP contribution in [0.15, 0.2) is 12.4 Å². The summed E-state index contributed by atoms with van der Waals surface area (Å²) < 4.78 is 22.2. The molecular formula is C25H40N4O6. The zero-order valence-corrected chi connectivity index (χ0v) is 21.4. The molecule has 1 aliphatic carbocycles. The number of nitrogens with zero attached hydrogens (tertiary/aromatic N) is 2. The second-order valence-corrected chi connectivity index (χ2v) is 10.1. The van der Waals surface area contributed by atoms with Crippen molar-refractivity contribution in [1.29, 1.82) is 0 Å². The summed E-state index contributed by atoms with van der Waals surface area (Å²) in [7, 11) is 0. The molecule has 1 aromatic rings. The van der Waals surface area contributed by atoms with E-state index in [9.17, 15) is 9.59 Å². The van der Waals surface area contributed by atoms with Crippen LogP contribution in [-0.4, -0.2) is 72.2 Å². The first-order valence-electron chi connectivity index (χ1n) is 12.7. The Hall–Kier alpha value is -2.46. The molecule has 1 amide bonds. The normalized spacial score (nSPS) is 24.9. The fraction of sp³-hybridized carbons (Fsp3) is 0.760. The Morgan fingerprint density at radius 3 is 2.57 bits per heavy atom. The number of piperidine rings is 1. The van der Waals surface area contributed by atoms with Gasteiger partial charge in [-0.25, -0.2) is 14.6 Å². The van der Waals surface area contributed by atoms with Crippen LogP contribution in [0.4, 0.5) is 4.79 Å². The maximum atomic E-state index is 12.2. The number of amides is 1. The van der Waals surface area contributed by atoms with Crippen LogP contribution in [0.2, 0.25) is 0 Å². The molecule has 0 bridgehead atoms. The number of hydrogen-bond acceptors (Lipinski definition) is 9. The lowest BCUT2D eigenvalue weighted by molar-refractivity contribution is -0.145. The third kappa shape index (κ3) is 8.92. The molecule has 2 heterocycles. The average molecular weight is 493 g/mol. The van der Waals surface area contributed by atoms with E-state index >= 15 is 0 Å². The molecule has 196 valence electrons. The smallest absolute Gasteiger partial charge is 0.407 e. The standard InChI is InChI=1S/C25H40N4O6/c1-5-32-21(30)16-34-23-22(27-13-14-28-23)17-8-10-18(11-9-17)33-15-20-19(7-6-12-26-20)29-24(31)35-25(2,3)4/h13-14,17-20,26H,5-12,15-16H2,1-4H3,(H,29,31)/t17?,18?,19-,20-/m0/s1. The molecule has 0 unspecified atom stereocenters. The number of nitrogens with one attached hydrogen (secondary N) is 2. The molecule has 2 N–H and O–H groups in total. The van der Waals surface area contributed by atoms with E-state index in [2.05, 4.69) is 20.6 Å². The van der Waals surface area contributed by atoms with Crippen molar-refractivity contribution in [2.75, 3.05) is 26.4 Å². The van der Waals surface area contributed by atoms with E-state index in [1.54, 1.807) is 19.3 Å². The van der Waals surface area contributed by atoms with E-state index in [-0.39, 0.29) is 36.8 Å². The van der Waals surface area contributed by atoms with E-state index < -0.39 is 11.6 Å². The van der Waals surface area contributed by atoms with Crippen molar-refractivity contribution in [3.8, 4) is 5.88 Å². The number of esters is 1. The van der Waals surface area contributed by atoms with Gasteiger partial charge in [-0.2, -0.15) is 0 Å². The summed E-state index contributed by atoms with van der Waals surface area (Å²) in [5.41, 5.74) is 0.259. The Balaban J connectivity index is 1.46. The average Bonchev–Trinajstić information content (AvgIpc) is 2.82. The molecule has 2 fully saturated rings. The van der Waals surface area contributed by atoms with Gasteiger partial charge in [-0.15, -0.1) is 0 Å². The Labute approximate surface area is 207 Å². The van der Waals surface area contributed by atoms with Gasteiger partial charge in [-0.05, 0) is 72.8 Å². The summed E-state index contributed by atoms with van der Waals surface area (Å²) in [5.74, 6) is 0.180. The van der Waals surface area contributed by atoms with Crippen molar-refractivity contribution in [3.63, 3.8) is 0 Å². The maximum absolute atomic E-state index is 12.2. The zero-order valence-electron chi connectivity index (χ0n) is 21.4. The third-order valence-corrected chi connectivity index (χ3v) is 6.18.